The number of rotatable bonds is 4. The SMILES string of the molecule is Cc1cc(/C=C(\C#N)C(=O)Nc2ccccc2F)c(C)n1-c1ccc(Br)cc1. The second-order valence-corrected chi connectivity index (χ2v) is 7.16. The highest BCUT2D eigenvalue weighted by molar-refractivity contribution is 9.10. The van der Waals surface area contributed by atoms with Crippen molar-refractivity contribution < 1.29 is 9.18 Å². The van der Waals surface area contributed by atoms with Gasteiger partial charge in [-0.2, -0.15) is 5.26 Å². The molecule has 3 rings (SSSR count). The minimum absolute atomic E-state index is 0.0361. The smallest absolute Gasteiger partial charge is 0.266 e. The molecule has 0 saturated heterocycles. The van der Waals surface area contributed by atoms with Gasteiger partial charge in [0.2, 0.25) is 0 Å². The Hall–Kier alpha value is -3.17. The van der Waals surface area contributed by atoms with Crippen LogP contribution in [0.5, 0.6) is 0 Å². The first-order valence-electron chi connectivity index (χ1n) is 8.53. The number of carbonyl (C=O) groups excluding carboxylic acids is 1. The molecule has 6 heteroatoms. The molecule has 0 fully saturated rings. The lowest BCUT2D eigenvalue weighted by atomic mass is 10.1. The second kappa shape index (κ2) is 8.24. The van der Waals surface area contributed by atoms with Gasteiger partial charge in [-0.1, -0.05) is 28.1 Å². The number of benzene rings is 2. The third-order valence-electron chi connectivity index (χ3n) is 4.34. The Labute approximate surface area is 171 Å². The van der Waals surface area contributed by atoms with Crippen molar-refractivity contribution in [2.45, 2.75) is 13.8 Å². The summed E-state index contributed by atoms with van der Waals surface area (Å²) in [5.74, 6) is -1.21. The fourth-order valence-electron chi connectivity index (χ4n) is 2.98. The molecule has 0 saturated carbocycles. The molecule has 2 aromatic carbocycles. The third-order valence-corrected chi connectivity index (χ3v) is 4.87. The van der Waals surface area contributed by atoms with Crippen molar-refractivity contribution in [3.63, 3.8) is 0 Å². The van der Waals surface area contributed by atoms with Gasteiger partial charge in [-0.15, -0.1) is 0 Å². The number of anilines is 1. The number of para-hydroxylation sites is 1. The Balaban J connectivity index is 1.94. The minimum Gasteiger partial charge on any atom is -0.319 e. The average molecular weight is 438 g/mol. The third kappa shape index (κ3) is 4.05. The zero-order chi connectivity index (χ0) is 20.3. The van der Waals surface area contributed by atoms with E-state index in [1.165, 1.54) is 24.3 Å². The number of hydrogen-bond donors (Lipinski definition) is 1. The number of carbonyl (C=O) groups is 1. The first-order valence-corrected chi connectivity index (χ1v) is 9.32. The molecule has 0 bridgehead atoms. The van der Waals surface area contributed by atoms with Crippen LogP contribution in [0.25, 0.3) is 11.8 Å². The van der Waals surface area contributed by atoms with E-state index in [1.54, 1.807) is 6.07 Å². The molecular weight excluding hydrogens is 421 g/mol. The van der Waals surface area contributed by atoms with Gasteiger partial charge in [-0.25, -0.2) is 4.39 Å². The zero-order valence-corrected chi connectivity index (χ0v) is 16.9. The van der Waals surface area contributed by atoms with Crippen molar-refractivity contribution in [1.29, 1.82) is 5.26 Å². The molecule has 1 heterocycles. The lowest BCUT2D eigenvalue weighted by Gasteiger charge is -2.10. The van der Waals surface area contributed by atoms with E-state index in [-0.39, 0.29) is 11.3 Å². The van der Waals surface area contributed by atoms with E-state index in [0.29, 0.717) is 0 Å². The van der Waals surface area contributed by atoms with Crippen molar-refractivity contribution in [2.24, 2.45) is 0 Å². The summed E-state index contributed by atoms with van der Waals surface area (Å²) in [5.41, 5.74) is 3.53. The van der Waals surface area contributed by atoms with Crippen LogP contribution >= 0.6 is 15.9 Å². The summed E-state index contributed by atoms with van der Waals surface area (Å²) in [6.07, 6.45) is 1.52. The van der Waals surface area contributed by atoms with Gasteiger partial charge in [0.05, 0.1) is 5.69 Å². The molecule has 28 heavy (non-hydrogen) atoms. The summed E-state index contributed by atoms with van der Waals surface area (Å²) in [4.78, 5) is 12.4. The van der Waals surface area contributed by atoms with Gasteiger partial charge >= 0.3 is 0 Å². The van der Waals surface area contributed by atoms with Crippen molar-refractivity contribution in [1.82, 2.24) is 4.57 Å². The van der Waals surface area contributed by atoms with Crippen LogP contribution in [0, 0.1) is 31.0 Å². The number of aromatic nitrogens is 1. The first-order chi connectivity index (χ1) is 13.4. The molecule has 140 valence electrons. The molecule has 0 radical (unpaired) electrons. The number of halogens is 2. The van der Waals surface area contributed by atoms with E-state index in [1.807, 2.05) is 54.8 Å². The largest absolute Gasteiger partial charge is 0.319 e. The maximum atomic E-state index is 13.8. The molecule has 3 aromatic rings. The fourth-order valence-corrected chi connectivity index (χ4v) is 3.24. The van der Waals surface area contributed by atoms with Gasteiger partial charge < -0.3 is 9.88 Å². The highest BCUT2D eigenvalue weighted by atomic mass is 79.9. The number of aryl methyl sites for hydroxylation is 1. The van der Waals surface area contributed by atoms with Crippen LogP contribution in [0.1, 0.15) is 17.0 Å². The predicted molar refractivity (Wildman–Crippen MR) is 112 cm³/mol. The van der Waals surface area contributed by atoms with Crippen LogP contribution in [0.4, 0.5) is 10.1 Å². The van der Waals surface area contributed by atoms with Crippen LogP contribution in [0.3, 0.4) is 0 Å². The van der Waals surface area contributed by atoms with E-state index in [4.69, 9.17) is 0 Å². The molecule has 1 amide bonds. The Morgan fingerprint density at radius 3 is 2.50 bits per heavy atom. The van der Waals surface area contributed by atoms with Gasteiger partial charge in [0.1, 0.15) is 17.5 Å². The zero-order valence-electron chi connectivity index (χ0n) is 15.3. The topological polar surface area (TPSA) is 57.8 Å². The summed E-state index contributed by atoms with van der Waals surface area (Å²) < 4.78 is 16.8. The Bertz CT molecular complexity index is 1110. The van der Waals surface area contributed by atoms with Crippen molar-refractivity contribution >= 4 is 33.6 Å². The Morgan fingerprint density at radius 2 is 1.86 bits per heavy atom. The molecule has 0 aliphatic heterocycles. The van der Waals surface area contributed by atoms with Crippen LogP contribution in [-0.2, 0) is 4.79 Å². The molecule has 0 atom stereocenters. The van der Waals surface area contributed by atoms with Crippen LogP contribution in [-0.4, -0.2) is 10.5 Å². The number of nitrogens with zero attached hydrogens (tertiary/aromatic N) is 2. The summed E-state index contributed by atoms with van der Waals surface area (Å²) in [7, 11) is 0. The normalized spacial score (nSPS) is 11.2. The summed E-state index contributed by atoms with van der Waals surface area (Å²) in [6.45, 7) is 3.88. The van der Waals surface area contributed by atoms with Gasteiger partial charge in [0, 0.05) is 21.5 Å². The number of nitriles is 1. The maximum Gasteiger partial charge on any atom is 0.266 e. The molecule has 1 N–H and O–H groups in total. The van der Waals surface area contributed by atoms with Gasteiger partial charge in [0.25, 0.3) is 5.91 Å². The first kappa shape index (κ1) is 19.6. The highest BCUT2D eigenvalue weighted by Crippen LogP contribution is 2.24. The number of amides is 1. The Morgan fingerprint density at radius 1 is 1.18 bits per heavy atom. The minimum atomic E-state index is -0.652. The van der Waals surface area contributed by atoms with E-state index >= 15 is 0 Å². The molecule has 0 spiro atoms. The van der Waals surface area contributed by atoms with Crippen LogP contribution < -0.4 is 5.32 Å². The van der Waals surface area contributed by atoms with Gasteiger partial charge in [0.15, 0.2) is 0 Å². The van der Waals surface area contributed by atoms with Gasteiger partial charge in [-0.05, 0) is 68.0 Å². The molecule has 0 aliphatic carbocycles. The molecule has 1 aromatic heterocycles. The summed E-state index contributed by atoms with van der Waals surface area (Å²) in [6, 6.07) is 17.5. The van der Waals surface area contributed by atoms with Gasteiger partial charge in [-0.3, -0.25) is 4.79 Å². The van der Waals surface area contributed by atoms with Crippen molar-refractivity contribution in [2.75, 3.05) is 5.32 Å². The highest BCUT2D eigenvalue weighted by Gasteiger charge is 2.15. The quantitative estimate of drug-likeness (QED) is 0.430. The number of nitrogens with one attached hydrogen (secondary N) is 1. The molecule has 0 unspecified atom stereocenters. The average Bonchev–Trinajstić information content (AvgIpc) is 2.95. The Kier molecular flexibility index (Phi) is 5.76. The van der Waals surface area contributed by atoms with E-state index in [9.17, 15) is 14.4 Å². The van der Waals surface area contributed by atoms with Crippen molar-refractivity contribution in [3.05, 3.63) is 87.4 Å². The maximum absolute atomic E-state index is 13.8. The van der Waals surface area contributed by atoms with Crippen molar-refractivity contribution in [3.8, 4) is 11.8 Å². The van der Waals surface area contributed by atoms with Crippen LogP contribution in [0.2, 0.25) is 0 Å². The number of hydrogen-bond acceptors (Lipinski definition) is 2. The summed E-state index contributed by atoms with van der Waals surface area (Å²) >= 11 is 3.42. The molecule has 0 aliphatic rings. The van der Waals surface area contributed by atoms with Crippen LogP contribution in [0.15, 0.2) is 64.6 Å². The predicted octanol–water partition coefficient (Wildman–Crippen LogP) is 5.54. The monoisotopic (exact) mass is 437 g/mol. The standard InChI is InChI=1S/C22H17BrFN3O/c1-14-11-16(15(2)27(14)19-9-7-18(23)8-10-19)12-17(13-25)22(28)26-21-6-4-3-5-20(21)24/h3-12H,1-2H3,(H,26,28)/b17-12+. The van der Waals surface area contributed by atoms with E-state index < -0.39 is 11.7 Å². The molecule has 4 nitrogen and oxygen atoms in total. The lowest BCUT2D eigenvalue weighted by Crippen LogP contribution is -2.14. The second-order valence-electron chi connectivity index (χ2n) is 6.24. The molecular formula is C22H17BrFN3O. The lowest BCUT2D eigenvalue weighted by molar-refractivity contribution is -0.112. The summed E-state index contributed by atoms with van der Waals surface area (Å²) in [5, 5.41) is 11.9. The van der Waals surface area contributed by atoms with E-state index in [0.717, 1.165) is 27.1 Å². The fraction of sp³-hybridized carbons (Fsp3) is 0.0909. The van der Waals surface area contributed by atoms with E-state index in [2.05, 4.69) is 21.2 Å².